The molecule has 7 nitrogen and oxygen atoms in total. The molecule has 2 amide bonds. The summed E-state index contributed by atoms with van der Waals surface area (Å²) in [6.45, 7) is 3.43. The first-order valence-corrected chi connectivity index (χ1v) is 13.4. The molecule has 0 saturated carbocycles. The van der Waals surface area contributed by atoms with Crippen LogP contribution in [-0.4, -0.2) is 51.3 Å². The van der Waals surface area contributed by atoms with Gasteiger partial charge in [0, 0.05) is 13.6 Å². The Balaban J connectivity index is 2.00. The molecule has 1 atom stereocenters. The fourth-order valence-corrected chi connectivity index (χ4v) is 5.54. The zero-order valence-corrected chi connectivity index (χ0v) is 21.7. The quantitative estimate of drug-likeness (QED) is 0.429. The molecule has 0 heterocycles. The maximum Gasteiger partial charge on any atom is 0.264 e. The van der Waals surface area contributed by atoms with E-state index in [4.69, 9.17) is 0 Å². The minimum atomic E-state index is -4.05. The number of sulfonamides is 1. The van der Waals surface area contributed by atoms with Crippen LogP contribution in [-0.2, 0) is 32.5 Å². The molecule has 3 rings (SSSR count). The molecule has 1 N–H and O–H groups in total. The van der Waals surface area contributed by atoms with Crippen molar-refractivity contribution in [3.63, 3.8) is 0 Å². The molecule has 3 aromatic rings. The third-order valence-electron chi connectivity index (χ3n) is 6.15. The third-order valence-corrected chi connectivity index (χ3v) is 7.92. The van der Waals surface area contributed by atoms with Crippen molar-refractivity contribution < 1.29 is 18.0 Å². The standard InChI is InChI=1S/C28H33N3O4S/c1-4-24-15-11-12-18-26(24)31(36(34,35)25-16-9-6-10-17-25)21-27(32)30(22(2)28(33)29-3)20-19-23-13-7-5-8-14-23/h5-18,22H,4,19-21H2,1-3H3,(H,29,33). The number of nitrogens with one attached hydrogen (secondary N) is 1. The van der Waals surface area contributed by atoms with E-state index in [2.05, 4.69) is 5.32 Å². The zero-order chi connectivity index (χ0) is 26.1. The number of rotatable bonds is 11. The third kappa shape index (κ3) is 6.31. The molecular formula is C28H33N3O4S. The summed E-state index contributed by atoms with van der Waals surface area (Å²) in [5.41, 5.74) is 2.28. The highest BCUT2D eigenvalue weighted by molar-refractivity contribution is 7.92. The lowest BCUT2D eigenvalue weighted by atomic mass is 10.1. The lowest BCUT2D eigenvalue weighted by Gasteiger charge is -2.32. The van der Waals surface area contributed by atoms with Gasteiger partial charge in [0.15, 0.2) is 0 Å². The van der Waals surface area contributed by atoms with Crippen LogP contribution in [0.5, 0.6) is 0 Å². The fourth-order valence-electron chi connectivity index (χ4n) is 4.07. The summed E-state index contributed by atoms with van der Waals surface area (Å²) in [5.74, 6) is -0.768. The Morgan fingerprint density at radius 1 is 0.889 bits per heavy atom. The Morgan fingerprint density at radius 3 is 2.08 bits per heavy atom. The van der Waals surface area contributed by atoms with Gasteiger partial charge in [-0.15, -0.1) is 0 Å². The van der Waals surface area contributed by atoms with Crippen LogP contribution in [0.3, 0.4) is 0 Å². The second-order valence-corrected chi connectivity index (χ2v) is 10.3. The predicted molar refractivity (Wildman–Crippen MR) is 142 cm³/mol. The largest absolute Gasteiger partial charge is 0.357 e. The van der Waals surface area contributed by atoms with E-state index in [1.807, 2.05) is 49.4 Å². The van der Waals surface area contributed by atoms with Gasteiger partial charge in [0.25, 0.3) is 10.0 Å². The number of hydrogen-bond donors (Lipinski definition) is 1. The molecule has 0 fully saturated rings. The maximum absolute atomic E-state index is 13.8. The number of carbonyl (C=O) groups is 2. The van der Waals surface area contributed by atoms with Crippen LogP contribution in [0, 0.1) is 0 Å². The molecule has 0 saturated heterocycles. The molecule has 0 aromatic heterocycles. The van der Waals surface area contributed by atoms with Gasteiger partial charge in [0.05, 0.1) is 10.6 Å². The fraction of sp³-hybridized carbons (Fsp3) is 0.286. The van der Waals surface area contributed by atoms with Crippen molar-refractivity contribution in [2.45, 2.75) is 37.6 Å². The minimum absolute atomic E-state index is 0.0962. The molecule has 0 aliphatic rings. The van der Waals surface area contributed by atoms with E-state index < -0.39 is 28.5 Å². The Hall–Kier alpha value is -3.65. The average molecular weight is 508 g/mol. The van der Waals surface area contributed by atoms with Crippen molar-refractivity contribution in [1.82, 2.24) is 10.2 Å². The van der Waals surface area contributed by atoms with Crippen molar-refractivity contribution >= 4 is 27.5 Å². The van der Waals surface area contributed by atoms with Gasteiger partial charge in [0.1, 0.15) is 12.6 Å². The van der Waals surface area contributed by atoms with Gasteiger partial charge in [-0.05, 0) is 49.1 Å². The van der Waals surface area contributed by atoms with E-state index in [1.54, 1.807) is 37.3 Å². The zero-order valence-electron chi connectivity index (χ0n) is 20.9. The van der Waals surface area contributed by atoms with Crippen LogP contribution in [0.15, 0.2) is 89.8 Å². The predicted octanol–water partition coefficient (Wildman–Crippen LogP) is 3.65. The number of hydrogen-bond acceptors (Lipinski definition) is 4. The summed E-state index contributed by atoms with van der Waals surface area (Å²) in [6.07, 6.45) is 1.13. The number of nitrogens with zero attached hydrogens (tertiary/aromatic N) is 2. The van der Waals surface area contributed by atoms with Crippen LogP contribution in [0.4, 0.5) is 5.69 Å². The first-order chi connectivity index (χ1) is 17.3. The molecule has 1 unspecified atom stereocenters. The van der Waals surface area contributed by atoms with Crippen molar-refractivity contribution in [3.8, 4) is 0 Å². The van der Waals surface area contributed by atoms with Crippen LogP contribution in [0.2, 0.25) is 0 Å². The summed E-state index contributed by atoms with van der Waals surface area (Å²) < 4.78 is 28.7. The molecule has 0 aliphatic heterocycles. The first kappa shape index (κ1) is 26.9. The second-order valence-electron chi connectivity index (χ2n) is 8.42. The molecule has 0 spiro atoms. The van der Waals surface area contributed by atoms with E-state index in [9.17, 15) is 18.0 Å². The minimum Gasteiger partial charge on any atom is -0.357 e. The lowest BCUT2D eigenvalue weighted by Crippen LogP contribution is -2.51. The van der Waals surface area contributed by atoms with E-state index in [0.29, 0.717) is 18.5 Å². The first-order valence-electron chi connectivity index (χ1n) is 12.0. The van der Waals surface area contributed by atoms with Gasteiger partial charge in [-0.3, -0.25) is 13.9 Å². The van der Waals surface area contributed by atoms with Crippen molar-refractivity contribution in [2.24, 2.45) is 0 Å². The Morgan fingerprint density at radius 2 is 1.47 bits per heavy atom. The number of para-hydroxylation sites is 1. The number of likely N-dealkylation sites (N-methyl/N-ethyl adjacent to an activating group) is 1. The number of benzene rings is 3. The van der Waals surface area contributed by atoms with Gasteiger partial charge in [-0.25, -0.2) is 8.42 Å². The summed E-state index contributed by atoms with van der Waals surface area (Å²) in [5, 5.41) is 2.59. The van der Waals surface area contributed by atoms with E-state index in [0.717, 1.165) is 15.4 Å². The van der Waals surface area contributed by atoms with Gasteiger partial charge >= 0.3 is 0 Å². The number of amides is 2. The summed E-state index contributed by atoms with van der Waals surface area (Å²) in [7, 11) is -2.53. The highest BCUT2D eigenvalue weighted by Gasteiger charge is 2.32. The molecule has 36 heavy (non-hydrogen) atoms. The molecular weight excluding hydrogens is 474 g/mol. The van der Waals surface area contributed by atoms with Crippen LogP contribution in [0.25, 0.3) is 0 Å². The highest BCUT2D eigenvalue weighted by Crippen LogP contribution is 2.28. The van der Waals surface area contributed by atoms with Gasteiger partial charge in [-0.2, -0.15) is 0 Å². The monoisotopic (exact) mass is 507 g/mol. The van der Waals surface area contributed by atoms with Gasteiger partial charge in [-0.1, -0.05) is 73.7 Å². The Labute approximate surface area is 213 Å². The van der Waals surface area contributed by atoms with Crippen LogP contribution < -0.4 is 9.62 Å². The number of anilines is 1. The van der Waals surface area contributed by atoms with Crippen molar-refractivity contribution in [2.75, 3.05) is 24.4 Å². The highest BCUT2D eigenvalue weighted by atomic mass is 32.2. The van der Waals surface area contributed by atoms with Crippen LogP contribution in [0.1, 0.15) is 25.0 Å². The molecule has 3 aromatic carbocycles. The normalized spacial score (nSPS) is 12.0. The average Bonchev–Trinajstić information content (AvgIpc) is 2.92. The number of aryl methyl sites for hydroxylation is 1. The lowest BCUT2D eigenvalue weighted by molar-refractivity contribution is -0.138. The summed E-state index contributed by atoms with van der Waals surface area (Å²) in [4.78, 5) is 27.8. The van der Waals surface area contributed by atoms with E-state index in [1.165, 1.54) is 24.1 Å². The topological polar surface area (TPSA) is 86.8 Å². The van der Waals surface area contributed by atoms with Crippen LogP contribution >= 0.6 is 0 Å². The Kier molecular flexibility index (Phi) is 9.25. The molecule has 190 valence electrons. The summed E-state index contributed by atoms with van der Waals surface area (Å²) in [6, 6.07) is 24.1. The van der Waals surface area contributed by atoms with E-state index in [-0.39, 0.29) is 17.3 Å². The smallest absolute Gasteiger partial charge is 0.264 e. The van der Waals surface area contributed by atoms with Crippen molar-refractivity contribution in [3.05, 3.63) is 96.1 Å². The maximum atomic E-state index is 13.8. The van der Waals surface area contributed by atoms with Crippen molar-refractivity contribution in [1.29, 1.82) is 0 Å². The van der Waals surface area contributed by atoms with Gasteiger partial charge < -0.3 is 10.2 Å². The molecule has 0 radical (unpaired) electrons. The molecule has 0 bridgehead atoms. The number of carbonyl (C=O) groups excluding carboxylic acids is 2. The van der Waals surface area contributed by atoms with Gasteiger partial charge in [0.2, 0.25) is 11.8 Å². The Bertz CT molecular complexity index is 1260. The molecule has 0 aliphatic carbocycles. The van der Waals surface area contributed by atoms with E-state index >= 15 is 0 Å². The SMILES string of the molecule is CCc1ccccc1N(CC(=O)N(CCc1ccccc1)C(C)C(=O)NC)S(=O)(=O)c1ccccc1. The molecule has 8 heteroatoms. The second kappa shape index (κ2) is 12.4. The summed E-state index contributed by atoms with van der Waals surface area (Å²) >= 11 is 0.